The smallest absolute Gasteiger partial charge is 0.213 e. The lowest BCUT2D eigenvalue weighted by Gasteiger charge is -1.90. The SMILES string of the molecule is O=C1COc2c(Br)csc21. The zero-order valence-electron chi connectivity index (χ0n) is 4.89. The van der Waals surface area contributed by atoms with Crippen molar-refractivity contribution >= 4 is 33.0 Å². The third kappa shape index (κ3) is 0.722. The molecule has 0 bridgehead atoms. The zero-order valence-corrected chi connectivity index (χ0v) is 7.29. The maximum Gasteiger partial charge on any atom is 0.213 e. The van der Waals surface area contributed by atoms with Crippen LogP contribution in [0.2, 0.25) is 0 Å². The van der Waals surface area contributed by atoms with Crippen LogP contribution in [0.3, 0.4) is 0 Å². The Hall–Kier alpha value is -0.350. The Balaban J connectivity index is 2.63. The molecule has 1 aromatic rings. The van der Waals surface area contributed by atoms with E-state index in [9.17, 15) is 4.79 Å². The van der Waals surface area contributed by atoms with Crippen LogP contribution in [-0.2, 0) is 0 Å². The lowest BCUT2D eigenvalue weighted by atomic mass is 10.4. The Morgan fingerprint density at radius 1 is 1.70 bits per heavy atom. The number of ketones is 1. The Morgan fingerprint density at radius 3 is 3.20 bits per heavy atom. The van der Waals surface area contributed by atoms with Crippen LogP contribution in [0.5, 0.6) is 5.75 Å². The van der Waals surface area contributed by atoms with Gasteiger partial charge in [-0.25, -0.2) is 0 Å². The quantitative estimate of drug-likeness (QED) is 0.667. The number of ether oxygens (including phenoxy) is 1. The molecule has 0 amide bonds. The zero-order chi connectivity index (χ0) is 7.14. The van der Waals surface area contributed by atoms with Gasteiger partial charge in [0.25, 0.3) is 0 Å². The molecule has 4 heteroatoms. The minimum atomic E-state index is 0.0886. The van der Waals surface area contributed by atoms with Crippen molar-refractivity contribution in [2.75, 3.05) is 6.61 Å². The molecule has 0 saturated heterocycles. The summed E-state index contributed by atoms with van der Waals surface area (Å²) in [6.45, 7) is 0.209. The number of hydrogen-bond donors (Lipinski definition) is 0. The molecule has 1 aliphatic rings. The molecule has 0 saturated carbocycles. The summed E-state index contributed by atoms with van der Waals surface area (Å²) in [4.78, 5) is 11.7. The number of halogens is 1. The second-order valence-electron chi connectivity index (χ2n) is 1.95. The van der Waals surface area contributed by atoms with Gasteiger partial charge in [-0.3, -0.25) is 4.79 Å². The molecule has 0 atom stereocenters. The maximum atomic E-state index is 10.9. The van der Waals surface area contributed by atoms with E-state index in [2.05, 4.69) is 15.9 Å². The van der Waals surface area contributed by atoms with Crippen LogP contribution in [0, 0.1) is 0 Å². The summed E-state index contributed by atoms with van der Waals surface area (Å²) >= 11 is 4.70. The second kappa shape index (κ2) is 2.07. The molecule has 10 heavy (non-hydrogen) atoms. The third-order valence-electron chi connectivity index (χ3n) is 1.30. The van der Waals surface area contributed by atoms with E-state index in [1.807, 2.05) is 5.38 Å². The molecule has 0 unspecified atom stereocenters. The first-order valence-corrected chi connectivity index (χ1v) is 4.39. The lowest BCUT2D eigenvalue weighted by molar-refractivity contribution is 0.0963. The number of rotatable bonds is 0. The van der Waals surface area contributed by atoms with E-state index in [0.717, 1.165) is 15.1 Å². The molecule has 2 rings (SSSR count). The van der Waals surface area contributed by atoms with Crippen LogP contribution in [0.15, 0.2) is 9.85 Å². The number of Topliss-reactive ketones (excluding diaryl/α,β-unsaturated/α-hetero) is 1. The van der Waals surface area contributed by atoms with Crippen LogP contribution in [0.4, 0.5) is 0 Å². The predicted molar refractivity (Wildman–Crippen MR) is 41.8 cm³/mol. The fourth-order valence-electron chi connectivity index (χ4n) is 0.856. The molecule has 0 aliphatic carbocycles. The maximum absolute atomic E-state index is 10.9. The molecule has 2 nitrogen and oxygen atoms in total. The van der Waals surface area contributed by atoms with E-state index in [1.165, 1.54) is 11.3 Å². The van der Waals surface area contributed by atoms with E-state index in [0.29, 0.717) is 0 Å². The normalized spacial score (nSPS) is 15.1. The van der Waals surface area contributed by atoms with E-state index in [4.69, 9.17) is 4.74 Å². The van der Waals surface area contributed by atoms with Crippen molar-refractivity contribution in [1.29, 1.82) is 0 Å². The highest BCUT2D eigenvalue weighted by molar-refractivity contribution is 9.10. The highest BCUT2D eigenvalue weighted by atomic mass is 79.9. The third-order valence-corrected chi connectivity index (χ3v) is 3.20. The number of carbonyl (C=O) groups excluding carboxylic acids is 1. The monoisotopic (exact) mass is 218 g/mol. The summed E-state index contributed by atoms with van der Waals surface area (Å²) < 4.78 is 5.98. The Kier molecular flexibility index (Phi) is 1.32. The molecule has 0 spiro atoms. The number of fused-ring (bicyclic) bond motifs is 1. The van der Waals surface area contributed by atoms with Crippen molar-refractivity contribution in [3.05, 3.63) is 14.7 Å². The van der Waals surface area contributed by atoms with Crippen molar-refractivity contribution in [2.45, 2.75) is 0 Å². The minimum Gasteiger partial charge on any atom is -0.483 e. The summed E-state index contributed by atoms with van der Waals surface area (Å²) in [6.07, 6.45) is 0. The molecule has 2 heterocycles. The van der Waals surface area contributed by atoms with Crippen LogP contribution >= 0.6 is 27.3 Å². The van der Waals surface area contributed by atoms with Gasteiger partial charge < -0.3 is 4.74 Å². The standard InChI is InChI=1S/C6H3BrO2S/c7-3-2-10-6-4(8)1-9-5(3)6/h2H,1H2. The number of thiophene rings is 1. The van der Waals surface area contributed by atoms with Gasteiger partial charge in [0.2, 0.25) is 5.78 Å². The van der Waals surface area contributed by atoms with Gasteiger partial charge in [-0.05, 0) is 15.9 Å². The average Bonchev–Trinajstić information content (AvgIpc) is 2.41. The minimum absolute atomic E-state index is 0.0886. The molecule has 0 radical (unpaired) electrons. The van der Waals surface area contributed by atoms with Crippen molar-refractivity contribution in [2.24, 2.45) is 0 Å². The first-order chi connectivity index (χ1) is 4.79. The summed E-state index contributed by atoms with van der Waals surface area (Å²) in [7, 11) is 0. The fraction of sp³-hybridized carbons (Fsp3) is 0.167. The Bertz CT molecular complexity index is 292. The van der Waals surface area contributed by atoms with Crippen molar-refractivity contribution in [3.8, 4) is 5.75 Å². The number of carbonyl (C=O) groups is 1. The summed E-state index contributed by atoms with van der Waals surface area (Å²) in [6, 6.07) is 0. The van der Waals surface area contributed by atoms with E-state index in [-0.39, 0.29) is 12.4 Å². The molecule has 0 aromatic carbocycles. The van der Waals surface area contributed by atoms with Gasteiger partial charge >= 0.3 is 0 Å². The Labute approximate surface area is 69.9 Å². The average molecular weight is 219 g/mol. The van der Waals surface area contributed by atoms with Crippen molar-refractivity contribution in [1.82, 2.24) is 0 Å². The highest BCUT2D eigenvalue weighted by Crippen LogP contribution is 2.38. The molecule has 1 aromatic heterocycles. The van der Waals surface area contributed by atoms with Crippen LogP contribution in [0.1, 0.15) is 9.67 Å². The second-order valence-corrected chi connectivity index (χ2v) is 3.69. The molecule has 52 valence electrons. The summed E-state index contributed by atoms with van der Waals surface area (Å²) in [5.41, 5.74) is 0. The molecule has 1 aliphatic heterocycles. The largest absolute Gasteiger partial charge is 0.483 e. The molecular weight excluding hydrogens is 216 g/mol. The van der Waals surface area contributed by atoms with Crippen LogP contribution in [-0.4, -0.2) is 12.4 Å². The molecular formula is C6H3BrO2S. The van der Waals surface area contributed by atoms with Gasteiger partial charge in [0.15, 0.2) is 12.4 Å². The van der Waals surface area contributed by atoms with Crippen LogP contribution in [0.25, 0.3) is 0 Å². The first-order valence-electron chi connectivity index (χ1n) is 2.72. The summed E-state index contributed by atoms with van der Waals surface area (Å²) in [5.74, 6) is 0.806. The van der Waals surface area contributed by atoms with Gasteiger partial charge in [-0.15, -0.1) is 11.3 Å². The van der Waals surface area contributed by atoms with Gasteiger partial charge in [0.05, 0.1) is 4.47 Å². The molecule has 0 fully saturated rings. The van der Waals surface area contributed by atoms with E-state index in [1.54, 1.807) is 0 Å². The molecule has 0 N–H and O–H groups in total. The first kappa shape index (κ1) is 6.37. The Morgan fingerprint density at radius 2 is 2.50 bits per heavy atom. The predicted octanol–water partition coefficient (Wildman–Crippen LogP) is 2.09. The summed E-state index contributed by atoms with van der Waals surface area (Å²) in [5, 5.41) is 1.86. The van der Waals surface area contributed by atoms with Gasteiger partial charge in [-0.2, -0.15) is 0 Å². The highest BCUT2D eigenvalue weighted by Gasteiger charge is 2.25. The van der Waals surface area contributed by atoms with Gasteiger partial charge in [0.1, 0.15) is 4.88 Å². The fourth-order valence-corrected chi connectivity index (χ4v) is 2.38. The van der Waals surface area contributed by atoms with E-state index < -0.39 is 0 Å². The topological polar surface area (TPSA) is 26.3 Å². The lowest BCUT2D eigenvalue weighted by Crippen LogP contribution is -1.98. The van der Waals surface area contributed by atoms with Crippen LogP contribution < -0.4 is 4.74 Å². The van der Waals surface area contributed by atoms with Gasteiger partial charge in [-0.1, -0.05) is 0 Å². The van der Waals surface area contributed by atoms with Gasteiger partial charge in [0, 0.05) is 5.38 Å². The van der Waals surface area contributed by atoms with Crippen molar-refractivity contribution < 1.29 is 9.53 Å². The van der Waals surface area contributed by atoms with Crippen molar-refractivity contribution in [3.63, 3.8) is 0 Å². The number of hydrogen-bond acceptors (Lipinski definition) is 3. The van der Waals surface area contributed by atoms with E-state index >= 15 is 0 Å².